The van der Waals surface area contributed by atoms with Gasteiger partial charge in [-0.2, -0.15) is 0 Å². The highest BCUT2D eigenvalue weighted by Crippen LogP contribution is 2.12. The zero-order chi connectivity index (χ0) is 17.7. The number of hydrogen-bond donors (Lipinski definition) is 1. The molecule has 2 N–H and O–H groups in total. The highest BCUT2D eigenvalue weighted by atomic mass is 16.5. The predicted octanol–water partition coefficient (Wildman–Crippen LogP) is 6.14. The van der Waals surface area contributed by atoms with E-state index in [1.54, 1.807) is 0 Å². The van der Waals surface area contributed by atoms with Crippen molar-refractivity contribution in [2.45, 2.75) is 116 Å². The maximum absolute atomic E-state index is 11.5. The molecule has 0 aliphatic heterocycles. The minimum absolute atomic E-state index is 0.0224. The second kappa shape index (κ2) is 20.5. The van der Waals surface area contributed by atoms with Crippen molar-refractivity contribution >= 4 is 5.97 Å². The minimum atomic E-state index is -0.0224. The normalized spacial score (nSPS) is 10.9. The average Bonchev–Trinajstić information content (AvgIpc) is 2.59. The summed E-state index contributed by atoms with van der Waals surface area (Å²) in [7, 11) is 0. The highest BCUT2D eigenvalue weighted by Gasteiger charge is 2.02. The molecule has 0 aromatic heterocycles. The van der Waals surface area contributed by atoms with Crippen molar-refractivity contribution in [3.8, 4) is 0 Å². The molecule has 0 rings (SSSR count). The largest absolute Gasteiger partial charge is 0.466 e. The Hall–Kier alpha value is -0.570. The summed E-state index contributed by atoms with van der Waals surface area (Å²) < 4.78 is 5.28. The number of hydrogen-bond acceptors (Lipinski definition) is 3. The van der Waals surface area contributed by atoms with Crippen LogP contribution in [-0.4, -0.2) is 19.1 Å². The zero-order valence-corrected chi connectivity index (χ0v) is 16.3. The molecular formula is C21H43NO2. The summed E-state index contributed by atoms with van der Waals surface area (Å²) in [6, 6.07) is 0. The summed E-state index contributed by atoms with van der Waals surface area (Å²) in [4.78, 5) is 11.5. The van der Waals surface area contributed by atoms with Crippen molar-refractivity contribution in [3.63, 3.8) is 0 Å². The number of esters is 1. The second-order valence-electron chi connectivity index (χ2n) is 7.06. The number of nitrogens with two attached hydrogens (primary N) is 1. The molecule has 0 aliphatic carbocycles. The summed E-state index contributed by atoms with van der Waals surface area (Å²) in [6.07, 6.45) is 20.8. The van der Waals surface area contributed by atoms with Gasteiger partial charge in [0.2, 0.25) is 0 Å². The first kappa shape index (κ1) is 23.4. The van der Waals surface area contributed by atoms with E-state index in [2.05, 4.69) is 6.92 Å². The van der Waals surface area contributed by atoms with Crippen LogP contribution in [0.3, 0.4) is 0 Å². The zero-order valence-electron chi connectivity index (χ0n) is 16.3. The van der Waals surface area contributed by atoms with Crippen LogP contribution in [-0.2, 0) is 9.53 Å². The average molecular weight is 342 g/mol. The summed E-state index contributed by atoms with van der Waals surface area (Å²) >= 11 is 0. The van der Waals surface area contributed by atoms with E-state index in [0.717, 1.165) is 38.6 Å². The molecule has 0 bridgehead atoms. The van der Waals surface area contributed by atoms with Crippen LogP contribution < -0.4 is 5.73 Å². The fourth-order valence-electron chi connectivity index (χ4n) is 2.97. The molecule has 0 saturated carbocycles. The van der Waals surface area contributed by atoms with E-state index in [1.165, 1.54) is 70.6 Å². The van der Waals surface area contributed by atoms with E-state index in [1.807, 2.05) is 0 Å². The van der Waals surface area contributed by atoms with Crippen molar-refractivity contribution in [2.24, 2.45) is 5.73 Å². The number of carbonyl (C=O) groups excluding carboxylic acids is 1. The van der Waals surface area contributed by atoms with Crippen molar-refractivity contribution in [2.75, 3.05) is 13.2 Å². The van der Waals surface area contributed by atoms with Crippen LogP contribution in [0.2, 0.25) is 0 Å². The fraction of sp³-hybridized carbons (Fsp3) is 0.952. The van der Waals surface area contributed by atoms with Gasteiger partial charge < -0.3 is 10.5 Å². The quantitative estimate of drug-likeness (QED) is 0.227. The molecule has 0 fully saturated rings. The number of ether oxygens (including phenoxy) is 1. The van der Waals surface area contributed by atoms with Crippen molar-refractivity contribution in [3.05, 3.63) is 0 Å². The van der Waals surface area contributed by atoms with Crippen LogP contribution in [0.4, 0.5) is 0 Å². The Balaban J connectivity index is 3.10. The molecule has 0 aromatic carbocycles. The van der Waals surface area contributed by atoms with Crippen LogP contribution in [0.1, 0.15) is 116 Å². The Labute approximate surface area is 151 Å². The molecule has 3 heteroatoms. The van der Waals surface area contributed by atoms with Crippen molar-refractivity contribution < 1.29 is 9.53 Å². The van der Waals surface area contributed by atoms with Gasteiger partial charge in [0.1, 0.15) is 0 Å². The van der Waals surface area contributed by atoms with Crippen LogP contribution in [0.5, 0.6) is 0 Å². The van der Waals surface area contributed by atoms with Gasteiger partial charge in [-0.3, -0.25) is 4.79 Å². The van der Waals surface area contributed by atoms with Crippen molar-refractivity contribution in [1.82, 2.24) is 0 Å². The Morgan fingerprint density at radius 1 is 0.667 bits per heavy atom. The number of carbonyl (C=O) groups is 1. The van der Waals surface area contributed by atoms with Crippen LogP contribution in [0.25, 0.3) is 0 Å². The van der Waals surface area contributed by atoms with Crippen LogP contribution in [0, 0.1) is 0 Å². The summed E-state index contributed by atoms with van der Waals surface area (Å²) in [5.74, 6) is -0.0224. The lowest BCUT2D eigenvalue weighted by Gasteiger charge is -2.05. The molecule has 3 nitrogen and oxygen atoms in total. The molecule has 0 heterocycles. The first-order valence-electron chi connectivity index (χ1n) is 10.7. The van der Waals surface area contributed by atoms with Crippen LogP contribution in [0.15, 0.2) is 0 Å². The Kier molecular flexibility index (Phi) is 20.0. The third-order valence-corrected chi connectivity index (χ3v) is 4.60. The third-order valence-electron chi connectivity index (χ3n) is 4.60. The molecule has 0 aliphatic rings. The van der Waals surface area contributed by atoms with Gasteiger partial charge in [0.05, 0.1) is 6.61 Å². The first-order valence-corrected chi connectivity index (χ1v) is 10.7. The molecule has 0 atom stereocenters. The van der Waals surface area contributed by atoms with Gasteiger partial charge in [-0.1, -0.05) is 90.4 Å². The predicted molar refractivity (Wildman–Crippen MR) is 104 cm³/mol. The Morgan fingerprint density at radius 3 is 1.67 bits per heavy atom. The molecular weight excluding hydrogens is 298 g/mol. The van der Waals surface area contributed by atoms with Gasteiger partial charge >= 0.3 is 5.97 Å². The standard InChI is InChI=1S/C21H43NO2/c1-2-3-4-5-6-7-8-9-10-11-14-17-20-24-21(23)18-15-12-13-16-19-22/h2-20,22H2,1H3. The molecule has 0 unspecified atom stereocenters. The highest BCUT2D eigenvalue weighted by molar-refractivity contribution is 5.69. The fourth-order valence-corrected chi connectivity index (χ4v) is 2.97. The van der Waals surface area contributed by atoms with Gasteiger partial charge in [0, 0.05) is 6.42 Å². The second-order valence-corrected chi connectivity index (χ2v) is 7.06. The van der Waals surface area contributed by atoms with Gasteiger partial charge in [-0.25, -0.2) is 0 Å². The Bertz CT molecular complexity index is 256. The van der Waals surface area contributed by atoms with E-state index >= 15 is 0 Å². The van der Waals surface area contributed by atoms with Gasteiger partial charge in [0.25, 0.3) is 0 Å². The molecule has 0 saturated heterocycles. The molecule has 0 aromatic rings. The van der Waals surface area contributed by atoms with E-state index in [9.17, 15) is 4.79 Å². The lowest BCUT2D eigenvalue weighted by atomic mass is 10.1. The molecule has 144 valence electrons. The maximum Gasteiger partial charge on any atom is 0.305 e. The van der Waals surface area contributed by atoms with E-state index in [4.69, 9.17) is 10.5 Å². The van der Waals surface area contributed by atoms with E-state index in [0.29, 0.717) is 13.0 Å². The summed E-state index contributed by atoms with van der Waals surface area (Å²) in [5, 5.41) is 0. The third kappa shape index (κ3) is 19.5. The monoisotopic (exact) mass is 341 g/mol. The molecule has 0 radical (unpaired) electrons. The lowest BCUT2D eigenvalue weighted by Crippen LogP contribution is -2.05. The SMILES string of the molecule is CCCCCCCCCCCCCCOC(=O)CCCCCCN. The van der Waals surface area contributed by atoms with E-state index in [-0.39, 0.29) is 5.97 Å². The summed E-state index contributed by atoms with van der Waals surface area (Å²) in [5.41, 5.74) is 5.44. The van der Waals surface area contributed by atoms with Gasteiger partial charge in [0.15, 0.2) is 0 Å². The topological polar surface area (TPSA) is 52.3 Å². The first-order chi connectivity index (χ1) is 11.8. The molecule has 24 heavy (non-hydrogen) atoms. The number of rotatable bonds is 19. The lowest BCUT2D eigenvalue weighted by molar-refractivity contribution is -0.143. The smallest absolute Gasteiger partial charge is 0.305 e. The van der Waals surface area contributed by atoms with Crippen LogP contribution >= 0.6 is 0 Å². The number of unbranched alkanes of at least 4 members (excludes halogenated alkanes) is 14. The van der Waals surface area contributed by atoms with E-state index < -0.39 is 0 Å². The molecule has 0 amide bonds. The minimum Gasteiger partial charge on any atom is -0.466 e. The van der Waals surface area contributed by atoms with Gasteiger partial charge in [-0.05, 0) is 25.8 Å². The van der Waals surface area contributed by atoms with Gasteiger partial charge in [-0.15, -0.1) is 0 Å². The Morgan fingerprint density at radius 2 is 1.12 bits per heavy atom. The molecule has 0 spiro atoms. The maximum atomic E-state index is 11.5. The van der Waals surface area contributed by atoms with Crippen molar-refractivity contribution in [1.29, 1.82) is 0 Å². The summed E-state index contributed by atoms with van der Waals surface area (Å²) in [6.45, 7) is 3.63.